The van der Waals surface area contributed by atoms with Gasteiger partial charge in [0, 0.05) is 31.2 Å². The number of carbonyl (C=O) groups excluding carboxylic acids is 1. The van der Waals surface area contributed by atoms with Gasteiger partial charge < -0.3 is 15.4 Å². The van der Waals surface area contributed by atoms with Crippen LogP contribution in [0.5, 0.6) is 0 Å². The summed E-state index contributed by atoms with van der Waals surface area (Å²) in [6, 6.07) is 4.70. The topological polar surface area (TPSA) is 117 Å². The average Bonchev–Trinajstić information content (AvgIpc) is 3.24. The van der Waals surface area contributed by atoms with Crippen LogP contribution in [0.1, 0.15) is 49.5 Å². The highest BCUT2D eigenvalue weighted by molar-refractivity contribution is 6.31. The van der Waals surface area contributed by atoms with E-state index in [1.807, 2.05) is 4.90 Å². The zero-order valence-corrected chi connectivity index (χ0v) is 22.2. The number of benzene rings is 1. The number of aromatic nitrogens is 4. The molecule has 1 saturated heterocycles. The minimum atomic E-state index is -0.578. The Hall–Kier alpha value is -3.55. The summed E-state index contributed by atoms with van der Waals surface area (Å²) >= 11 is 6.14. The third-order valence-corrected chi connectivity index (χ3v) is 6.57. The van der Waals surface area contributed by atoms with E-state index in [9.17, 15) is 14.4 Å². The van der Waals surface area contributed by atoms with Crippen LogP contribution in [0.25, 0.3) is 11.2 Å². The SMILES string of the molecule is CC#CCn1c(N2CCCC(N)C2)nc2c1c(=O)n(Cc1ccc(Cl)cc1C(=O)OC(C)C)c(=O)n2C. The number of imidazole rings is 1. The zero-order chi connectivity index (χ0) is 26.9. The molecule has 1 fully saturated rings. The molecule has 196 valence electrons. The number of rotatable bonds is 6. The smallest absolute Gasteiger partial charge is 0.338 e. The third-order valence-electron chi connectivity index (χ3n) is 6.33. The summed E-state index contributed by atoms with van der Waals surface area (Å²) in [5.74, 6) is 5.87. The van der Waals surface area contributed by atoms with Crippen LogP contribution in [0.15, 0.2) is 27.8 Å². The van der Waals surface area contributed by atoms with E-state index >= 15 is 0 Å². The molecule has 1 aliphatic heterocycles. The molecule has 0 amide bonds. The molecule has 10 nitrogen and oxygen atoms in total. The summed E-state index contributed by atoms with van der Waals surface area (Å²) < 4.78 is 9.55. The van der Waals surface area contributed by atoms with E-state index in [1.54, 1.807) is 44.5 Å². The van der Waals surface area contributed by atoms with Crippen LogP contribution in [0.2, 0.25) is 5.02 Å². The maximum Gasteiger partial charge on any atom is 0.338 e. The van der Waals surface area contributed by atoms with E-state index in [1.165, 1.54) is 10.6 Å². The lowest BCUT2D eigenvalue weighted by molar-refractivity contribution is 0.0376. The highest BCUT2D eigenvalue weighted by Crippen LogP contribution is 2.23. The van der Waals surface area contributed by atoms with Crippen molar-refractivity contribution in [2.45, 2.75) is 58.8 Å². The molecule has 2 N–H and O–H groups in total. The molecule has 4 rings (SSSR count). The lowest BCUT2D eigenvalue weighted by Crippen LogP contribution is -2.44. The monoisotopic (exact) mass is 526 g/mol. The van der Waals surface area contributed by atoms with Gasteiger partial charge >= 0.3 is 11.7 Å². The quantitative estimate of drug-likeness (QED) is 0.386. The number of hydrogen-bond donors (Lipinski definition) is 1. The lowest BCUT2D eigenvalue weighted by Gasteiger charge is -2.31. The van der Waals surface area contributed by atoms with Gasteiger partial charge in [0.15, 0.2) is 11.2 Å². The number of hydrogen-bond acceptors (Lipinski definition) is 7. The van der Waals surface area contributed by atoms with E-state index < -0.39 is 17.2 Å². The highest BCUT2D eigenvalue weighted by atomic mass is 35.5. The number of fused-ring (bicyclic) bond motifs is 1. The molecule has 0 bridgehead atoms. The second-order valence-electron chi connectivity index (χ2n) is 9.43. The van der Waals surface area contributed by atoms with Gasteiger partial charge in [0.05, 0.1) is 24.8 Å². The molecule has 1 aromatic carbocycles. The van der Waals surface area contributed by atoms with Crippen molar-refractivity contribution in [3.63, 3.8) is 0 Å². The predicted octanol–water partition coefficient (Wildman–Crippen LogP) is 2.11. The van der Waals surface area contributed by atoms with Gasteiger partial charge in [0.2, 0.25) is 5.95 Å². The molecular formula is C26H31ClN6O4. The summed E-state index contributed by atoms with van der Waals surface area (Å²) in [5, 5.41) is 0.343. The van der Waals surface area contributed by atoms with Crippen LogP contribution in [0, 0.1) is 11.8 Å². The van der Waals surface area contributed by atoms with Crippen LogP contribution >= 0.6 is 11.6 Å². The fourth-order valence-electron chi connectivity index (χ4n) is 4.56. The van der Waals surface area contributed by atoms with Crippen LogP contribution < -0.4 is 21.9 Å². The number of nitrogens with two attached hydrogens (primary N) is 1. The summed E-state index contributed by atoms with van der Waals surface area (Å²) in [7, 11) is 1.57. The molecule has 3 heterocycles. The van der Waals surface area contributed by atoms with E-state index in [0.717, 1.165) is 24.0 Å². The highest BCUT2D eigenvalue weighted by Gasteiger charge is 2.26. The minimum Gasteiger partial charge on any atom is -0.459 e. The fourth-order valence-corrected chi connectivity index (χ4v) is 4.74. The Bertz CT molecular complexity index is 1520. The lowest BCUT2D eigenvalue weighted by atomic mass is 10.1. The Labute approximate surface area is 219 Å². The van der Waals surface area contributed by atoms with Crippen LogP contribution in [0.4, 0.5) is 5.95 Å². The second-order valence-corrected chi connectivity index (χ2v) is 9.87. The molecule has 0 radical (unpaired) electrons. The molecule has 37 heavy (non-hydrogen) atoms. The molecule has 1 unspecified atom stereocenters. The Morgan fingerprint density at radius 3 is 2.73 bits per heavy atom. The Balaban J connectivity index is 1.89. The first-order valence-electron chi connectivity index (χ1n) is 12.2. The van der Waals surface area contributed by atoms with Crippen molar-refractivity contribution in [2.75, 3.05) is 18.0 Å². The predicted molar refractivity (Wildman–Crippen MR) is 143 cm³/mol. The van der Waals surface area contributed by atoms with Crippen molar-refractivity contribution in [2.24, 2.45) is 12.8 Å². The van der Waals surface area contributed by atoms with Crippen molar-refractivity contribution in [1.82, 2.24) is 18.7 Å². The average molecular weight is 527 g/mol. The Kier molecular flexibility index (Phi) is 7.76. The number of carbonyl (C=O) groups is 1. The summed E-state index contributed by atoms with van der Waals surface area (Å²) in [6.45, 7) is 6.63. The molecule has 0 saturated carbocycles. The first-order valence-corrected chi connectivity index (χ1v) is 12.6. The second kappa shape index (κ2) is 10.8. The maximum absolute atomic E-state index is 13.8. The van der Waals surface area contributed by atoms with Gasteiger partial charge in [-0.3, -0.25) is 18.5 Å². The number of anilines is 1. The molecule has 1 atom stereocenters. The van der Waals surface area contributed by atoms with Gasteiger partial charge in [0.25, 0.3) is 5.56 Å². The van der Waals surface area contributed by atoms with Crippen molar-refractivity contribution in [3.05, 3.63) is 55.2 Å². The number of piperidine rings is 1. The molecule has 2 aromatic heterocycles. The van der Waals surface area contributed by atoms with Gasteiger partial charge in [-0.05, 0) is 51.3 Å². The molecule has 1 aliphatic rings. The summed E-state index contributed by atoms with van der Waals surface area (Å²) in [6.07, 6.45) is 1.47. The zero-order valence-electron chi connectivity index (χ0n) is 21.5. The Morgan fingerprint density at radius 1 is 1.30 bits per heavy atom. The fraction of sp³-hybridized carbons (Fsp3) is 0.462. The van der Waals surface area contributed by atoms with E-state index in [4.69, 9.17) is 27.1 Å². The minimum absolute atomic E-state index is 0.00586. The summed E-state index contributed by atoms with van der Waals surface area (Å²) in [5.41, 5.74) is 6.31. The number of aryl methyl sites for hydroxylation is 1. The first kappa shape index (κ1) is 26.5. The molecule has 11 heteroatoms. The van der Waals surface area contributed by atoms with Crippen LogP contribution in [-0.4, -0.2) is 49.9 Å². The number of nitrogens with zero attached hydrogens (tertiary/aromatic N) is 5. The van der Waals surface area contributed by atoms with Crippen molar-refractivity contribution in [3.8, 4) is 11.8 Å². The molecule has 3 aromatic rings. The third kappa shape index (κ3) is 5.29. The van der Waals surface area contributed by atoms with Crippen LogP contribution in [-0.2, 0) is 24.9 Å². The number of ether oxygens (including phenoxy) is 1. The molecule has 0 aliphatic carbocycles. The standard InChI is InChI=1S/C26H31ClN6O4/c1-5-6-12-32-21-22(29-25(32)31-11-7-8-19(28)15-31)30(4)26(36)33(23(21)34)14-17-9-10-18(27)13-20(17)24(35)37-16(2)3/h9-10,13,16,19H,7-8,11-12,14-15,28H2,1-4H3. The van der Waals surface area contributed by atoms with E-state index in [2.05, 4.69) is 11.8 Å². The first-order chi connectivity index (χ1) is 17.6. The van der Waals surface area contributed by atoms with E-state index in [-0.39, 0.29) is 42.0 Å². The van der Waals surface area contributed by atoms with Crippen molar-refractivity contribution >= 4 is 34.7 Å². The largest absolute Gasteiger partial charge is 0.459 e. The molecular weight excluding hydrogens is 496 g/mol. The van der Waals surface area contributed by atoms with Gasteiger partial charge in [0.1, 0.15) is 0 Å². The van der Waals surface area contributed by atoms with Gasteiger partial charge in [-0.25, -0.2) is 9.59 Å². The van der Waals surface area contributed by atoms with Crippen LogP contribution in [0.3, 0.4) is 0 Å². The van der Waals surface area contributed by atoms with Crippen molar-refractivity contribution < 1.29 is 9.53 Å². The van der Waals surface area contributed by atoms with Gasteiger partial charge in [-0.2, -0.15) is 4.98 Å². The number of halogens is 1. The summed E-state index contributed by atoms with van der Waals surface area (Å²) in [4.78, 5) is 46.7. The normalized spacial score (nSPS) is 15.6. The van der Waals surface area contributed by atoms with Gasteiger partial charge in [-0.15, -0.1) is 5.92 Å². The van der Waals surface area contributed by atoms with E-state index in [0.29, 0.717) is 23.1 Å². The van der Waals surface area contributed by atoms with Gasteiger partial charge in [-0.1, -0.05) is 23.6 Å². The maximum atomic E-state index is 13.8. The molecule has 0 spiro atoms. The Morgan fingerprint density at radius 2 is 2.05 bits per heavy atom. The number of esters is 1. The van der Waals surface area contributed by atoms with Crippen molar-refractivity contribution in [1.29, 1.82) is 0 Å².